The van der Waals surface area contributed by atoms with Gasteiger partial charge in [-0.3, -0.25) is 0 Å². The number of hydrogen-bond donors (Lipinski definition) is 2. The fourth-order valence-electron chi connectivity index (χ4n) is 2.55. The van der Waals surface area contributed by atoms with Gasteiger partial charge in [0.05, 0.1) is 6.10 Å². The number of aliphatic hydroxyl groups excluding tert-OH is 2. The predicted molar refractivity (Wildman–Crippen MR) is 92.5 cm³/mol. The minimum atomic E-state index is -0.226. The highest BCUT2D eigenvalue weighted by molar-refractivity contribution is 4.88. The molecule has 0 aliphatic carbocycles. The van der Waals surface area contributed by atoms with Crippen LogP contribution < -0.4 is 0 Å². The summed E-state index contributed by atoms with van der Waals surface area (Å²) in [5.74, 6) is 0. The second-order valence-corrected chi connectivity index (χ2v) is 6.19. The summed E-state index contributed by atoms with van der Waals surface area (Å²) in [7, 11) is 0. The number of rotatable bonds is 16. The van der Waals surface area contributed by atoms with Gasteiger partial charge in [-0.1, -0.05) is 83.3 Å². The summed E-state index contributed by atoms with van der Waals surface area (Å²) >= 11 is 0. The molecule has 0 spiro atoms. The fourth-order valence-corrected chi connectivity index (χ4v) is 2.55. The highest BCUT2D eigenvalue weighted by Gasteiger charge is 1.96. The van der Waals surface area contributed by atoms with Gasteiger partial charge in [0.2, 0.25) is 0 Å². The van der Waals surface area contributed by atoms with Crippen molar-refractivity contribution < 1.29 is 10.2 Å². The molecule has 0 aliphatic rings. The van der Waals surface area contributed by atoms with E-state index in [1.54, 1.807) is 0 Å². The first-order chi connectivity index (χ1) is 10.3. The maximum Gasteiger partial charge on any atom is 0.0720 e. The summed E-state index contributed by atoms with van der Waals surface area (Å²) in [6.45, 7) is 2.51. The third-order valence-electron chi connectivity index (χ3n) is 3.99. The van der Waals surface area contributed by atoms with Crippen molar-refractivity contribution in [1.82, 2.24) is 0 Å². The van der Waals surface area contributed by atoms with E-state index in [1.165, 1.54) is 57.8 Å². The lowest BCUT2D eigenvalue weighted by Crippen LogP contribution is -2.00. The van der Waals surface area contributed by atoms with Gasteiger partial charge in [-0.25, -0.2) is 0 Å². The molecule has 2 N–H and O–H groups in total. The molecule has 21 heavy (non-hydrogen) atoms. The molecule has 0 rings (SSSR count). The monoisotopic (exact) mass is 298 g/mol. The molecule has 2 heteroatoms. The van der Waals surface area contributed by atoms with Crippen LogP contribution in [0.1, 0.15) is 96.8 Å². The van der Waals surface area contributed by atoms with E-state index in [9.17, 15) is 5.11 Å². The van der Waals surface area contributed by atoms with Crippen LogP contribution in [-0.4, -0.2) is 22.9 Å². The topological polar surface area (TPSA) is 40.5 Å². The summed E-state index contributed by atoms with van der Waals surface area (Å²) < 4.78 is 0. The quantitative estimate of drug-likeness (QED) is 0.297. The second kappa shape index (κ2) is 17.7. The van der Waals surface area contributed by atoms with Crippen LogP contribution in [0.15, 0.2) is 12.2 Å². The fraction of sp³-hybridized carbons (Fsp3) is 0.895. The van der Waals surface area contributed by atoms with E-state index in [0.29, 0.717) is 6.61 Å². The van der Waals surface area contributed by atoms with Crippen LogP contribution in [0.2, 0.25) is 0 Å². The molecule has 0 aromatic carbocycles. The minimum absolute atomic E-state index is 0.226. The Morgan fingerprint density at radius 2 is 1.29 bits per heavy atom. The van der Waals surface area contributed by atoms with Crippen molar-refractivity contribution in [3.05, 3.63) is 12.2 Å². The molecular formula is C19H38O2. The van der Waals surface area contributed by atoms with Gasteiger partial charge in [-0.2, -0.15) is 0 Å². The highest BCUT2D eigenvalue weighted by atomic mass is 16.3. The van der Waals surface area contributed by atoms with Gasteiger partial charge in [-0.15, -0.1) is 0 Å². The molecule has 0 bridgehead atoms. The summed E-state index contributed by atoms with van der Waals surface area (Å²) in [4.78, 5) is 0. The van der Waals surface area contributed by atoms with Crippen LogP contribution in [0.3, 0.4) is 0 Å². The van der Waals surface area contributed by atoms with E-state index in [-0.39, 0.29) is 6.10 Å². The minimum Gasteiger partial charge on any atom is -0.396 e. The zero-order valence-electron chi connectivity index (χ0n) is 14.2. The summed E-state index contributed by atoms with van der Waals surface area (Å²) in [5, 5.41) is 18.3. The van der Waals surface area contributed by atoms with E-state index in [2.05, 4.69) is 13.0 Å². The normalized spacial score (nSPS) is 13.1. The lowest BCUT2D eigenvalue weighted by Gasteiger charge is -2.03. The van der Waals surface area contributed by atoms with Gasteiger partial charge in [0.1, 0.15) is 0 Å². The van der Waals surface area contributed by atoms with E-state index in [4.69, 9.17) is 5.11 Å². The molecule has 0 saturated carbocycles. The van der Waals surface area contributed by atoms with Crippen LogP contribution in [0.5, 0.6) is 0 Å². The number of unbranched alkanes of at least 4 members (excludes halogenated alkanes) is 11. The Morgan fingerprint density at radius 3 is 1.81 bits per heavy atom. The van der Waals surface area contributed by atoms with E-state index < -0.39 is 0 Å². The molecule has 0 aliphatic heterocycles. The average molecular weight is 299 g/mol. The van der Waals surface area contributed by atoms with Gasteiger partial charge in [0.25, 0.3) is 0 Å². The van der Waals surface area contributed by atoms with Gasteiger partial charge in [0, 0.05) is 6.61 Å². The number of aliphatic hydroxyl groups is 2. The van der Waals surface area contributed by atoms with Gasteiger partial charge < -0.3 is 10.2 Å². The Bertz CT molecular complexity index is 214. The molecule has 126 valence electrons. The first-order valence-electron chi connectivity index (χ1n) is 9.26. The van der Waals surface area contributed by atoms with Crippen LogP contribution in [0.25, 0.3) is 0 Å². The molecule has 0 heterocycles. The van der Waals surface area contributed by atoms with Crippen molar-refractivity contribution in [3.63, 3.8) is 0 Å². The lowest BCUT2D eigenvalue weighted by atomic mass is 10.1. The molecule has 0 unspecified atom stereocenters. The average Bonchev–Trinajstić information content (AvgIpc) is 2.49. The third-order valence-corrected chi connectivity index (χ3v) is 3.99. The SMILES string of the molecule is CCCC[C@H](O)C=CCCCCCCCCCCCCO. The van der Waals surface area contributed by atoms with Crippen molar-refractivity contribution in [2.75, 3.05) is 6.61 Å². The standard InChI is InChI=1S/C19H38O2/c1-2-3-16-19(21)17-14-12-10-8-6-4-5-7-9-11-13-15-18-20/h14,17,19-21H,2-13,15-16,18H2,1H3/t19-/m0/s1. The Hall–Kier alpha value is -0.340. The van der Waals surface area contributed by atoms with Gasteiger partial charge in [-0.05, 0) is 25.7 Å². The molecular weight excluding hydrogens is 260 g/mol. The number of hydrogen-bond acceptors (Lipinski definition) is 2. The van der Waals surface area contributed by atoms with Crippen LogP contribution in [-0.2, 0) is 0 Å². The Balaban J connectivity index is 3.13. The Morgan fingerprint density at radius 1 is 0.762 bits per heavy atom. The van der Waals surface area contributed by atoms with Crippen molar-refractivity contribution >= 4 is 0 Å². The van der Waals surface area contributed by atoms with Crippen molar-refractivity contribution in [2.24, 2.45) is 0 Å². The molecule has 0 aromatic rings. The van der Waals surface area contributed by atoms with Crippen LogP contribution in [0, 0.1) is 0 Å². The van der Waals surface area contributed by atoms with Crippen LogP contribution in [0.4, 0.5) is 0 Å². The Kier molecular flexibility index (Phi) is 17.4. The molecule has 1 atom stereocenters. The van der Waals surface area contributed by atoms with Gasteiger partial charge >= 0.3 is 0 Å². The molecule has 2 nitrogen and oxygen atoms in total. The Labute approximate surface area is 132 Å². The summed E-state index contributed by atoms with van der Waals surface area (Å²) in [6, 6.07) is 0. The first-order valence-corrected chi connectivity index (χ1v) is 9.26. The molecule has 0 saturated heterocycles. The zero-order chi connectivity index (χ0) is 15.6. The van der Waals surface area contributed by atoms with E-state index in [1.807, 2.05) is 6.08 Å². The highest BCUT2D eigenvalue weighted by Crippen LogP contribution is 2.11. The summed E-state index contributed by atoms with van der Waals surface area (Å²) in [6.07, 6.45) is 21.0. The molecule has 0 amide bonds. The second-order valence-electron chi connectivity index (χ2n) is 6.19. The molecule has 0 fully saturated rings. The zero-order valence-corrected chi connectivity index (χ0v) is 14.2. The van der Waals surface area contributed by atoms with Crippen molar-refractivity contribution in [3.8, 4) is 0 Å². The van der Waals surface area contributed by atoms with Crippen molar-refractivity contribution in [1.29, 1.82) is 0 Å². The smallest absolute Gasteiger partial charge is 0.0720 e. The van der Waals surface area contributed by atoms with Crippen LogP contribution >= 0.6 is 0 Å². The maximum atomic E-state index is 9.66. The maximum absolute atomic E-state index is 9.66. The van der Waals surface area contributed by atoms with E-state index >= 15 is 0 Å². The predicted octanol–water partition coefficient (Wildman–Crippen LogP) is 5.38. The van der Waals surface area contributed by atoms with Gasteiger partial charge in [0.15, 0.2) is 0 Å². The third kappa shape index (κ3) is 17.6. The molecule has 0 radical (unpaired) electrons. The first kappa shape index (κ1) is 20.7. The lowest BCUT2D eigenvalue weighted by molar-refractivity contribution is 0.209. The van der Waals surface area contributed by atoms with Crippen molar-refractivity contribution in [2.45, 2.75) is 103 Å². The summed E-state index contributed by atoms with van der Waals surface area (Å²) in [5.41, 5.74) is 0. The number of allylic oxidation sites excluding steroid dienone is 1. The largest absolute Gasteiger partial charge is 0.396 e. The molecule has 0 aromatic heterocycles. The van der Waals surface area contributed by atoms with E-state index in [0.717, 1.165) is 32.1 Å².